The highest BCUT2D eigenvalue weighted by Crippen LogP contribution is 2.32. The number of piperidine rings is 1. The summed E-state index contributed by atoms with van der Waals surface area (Å²) in [5.74, 6) is 1.53. The number of nitrogens with zero attached hydrogens (tertiary/aromatic N) is 3. The molecule has 3 aromatic rings. The van der Waals surface area contributed by atoms with E-state index in [1.165, 1.54) is 11.3 Å². The number of carbonyl (C=O) groups excluding carboxylic acids is 1. The molecule has 3 heterocycles. The predicted molar refractivity (Wildman–Crippen MR) is 116 cm³/mol. The van der Waals surface area contributed by atoms with Gasteiger partial charge < -0.3 is 15.0 Å². The molecule has 1 N–H and O–H groups in total. The zero-order valence-corrected chi connectivity index (χ0v) is 17.4. The monoisotopic (exact) mass is 408 g/mol. The molecule has 1 aromatic carbocycles. The van der Waals surface area contributed by atoms with Crippen LogP contribution in [0.2, 0.25) is 0 Å². The number of rotatable bonds is 5. The third-order valence-corrected chi connectivity index (χ3v) is 6.18. The summed E-state index contributed by atoms with van der Waals surface area (Å²) in [7, 11) is 1.66. The van der Waals surface area contributed by atoms with Crippen molar-refractivity contribution >= 4 is 23.2 Å². The van der Waals surface area contributed by atoms with E-state index in [4.69, 9.17) is 4.74 Å². The molecule has 1 amide bonds. The fourth-order valence-electron chi connectivity index (χ4n) is 3.64. The first-order valence-corrected chi connectivity index (χ1v) is 10.5. The second-order valence-corrected chi connectivity index (χ2v) is 8.37. The molecule has 0 radical (unpaired) electrons. The smallest absolute Gasteiger partial charge is 0.261 e. The Labute approximate surface area is 174 Å². The lowest BCUT2D eigenvalue weighted by Gasteiger charge is -2.32. The zero-order chi connectivity index (χ0) is 20.2. The Kier molecular flexibility index (Phi) is 5.76. The van der Waals surface area contributed by atoms with Crippen LogP contribution in [-0.4, -0.2) is 42.1 Å². The van der Waals surface area contributed by atoms with Crippen LogP contribution in [0.3, 0.4) is 0 Å². The Morgan fingerprint density at radius 2 is 2.00 bits per heavy atom. The summed E-state index contributed by atoms with van der Waals surface area (Å²) in [6, 6.07) is 11.8. The highest BCUT2D eigenvalue weighted by molar-refractivity contribution is 7.14. The lowest BCUT2D eigenvalue weighted by Crippen LogP contribution is -2.48. The van der Waals surface area contributed by atoms with E-state index in [0.29, 0.717) is 0 Å². The van der Waals surface area contributed by atoms with E-state index < -0.39 is 0 Å². The third kappa shape index (κ3) is 4.40. The SMILES string of the molecule is COc1ccc(-c2cc(C(=O)NC3CCCN(c4ncccn4)C3)sc2C)cc1. The fraction of sp³-hybridized carbons (Fsp3) is 0.318. The van der Waals surface area contributed by atoms with Gasteiger partial charge in [0.15, 0.2) is 0 Å². The Morgan fingerprint density at radius 1 is 1.24 bits per heavy atom. The number of carbonyl (C=O) groups is 1. The van der Waals surface area contributed by atoms with Gasteiger partial charge in [0.25, 0.3) is 5.91 Å². The lowest BCUT2D eigenvalue weighted by atomic mass is 10.1. The van der Waals surface area contributed by atoms with Crippen LogP contribution in [0.5, 0.6) is 5.75 Å². The van der Waals surface area contributed by atoms with Gasteiger partial charge in [-0.25, -0.2) is 9.97 Å². The summed E-state index contributed by atoms with van der Waals surface area (Å²) < 4.78 is 5.23. The molecule has 0 saturated carbocycles. The van der Waals surface area contributed by atoms with Crippen LogP contribution in [0.4, 0.5) is 5.95 Å². The third-order valence-electron chi connectivity index (χ3n) is 5.13. The van der Waals surface area contributed by atoms with Crippen LogP contribution in [0.25, 0.3) is 11.1 Å². The summed E-state index contributed by atoms with van der Waals surface area (Å²) in [5.41, 5.74) is 2.18. The van der Waals surface area contributed by atoms with Gasteiger partial charge in [-0.3, -0.25) is 4.79 Å². The quantitative estimate of drug-likeness (QED) is 0.693. The van der Waals surface area contributed by atoms with Gasteiger partial charge in [0.2, 0.25) is 5.95 Å². The van der Waals surface area contributed by atoms with Gasteiger partial charge in [0.05, 0.1) is 12.0 Å². The molecular formula is C22H24N4O2S. The molecule has 1 fully saturated rings. The molecule has 0 bridgehead atoms. The van der Waals surface area contributed by atoms with Crippen molar-refractivity contribution in [3.63, 3.8) is 0 Å². The molecule has 1 aliphatic rings. The molecule has 4 rings (SSSR count). The second kappa shape index (κ2) is 8.61. The first kappa shape index (κ1) is 19.4. The van der Waals surface area contributed by atoms with Crippen LogP contribution >= 0.6 is 11.3 Å². The molecule has 1 saturated heterocycles. The van der Waals surface area contributed by atoms with Crippen LogP contribution in [-0.2, 0) is 0 Å². The predicted octanol–water partition coefficient (Wildman–Crippen LogP) is 3.92. The van der Waals surface area contributed by atoms with Crippen molar-refractivity contribution in [3.05, 3.63) is 58.5 Å². The zero-order valence-electron chi connectivity index (χ0n) is 16.6. The molecule has 1 aliphatic heterocycles. The maximum Gasteiger partial charge on any atom is 0.261 e. The average Bonchev–Trinajstić information content (AvgIpc) is 3.16. The molecule has 7 heteroatoms. The van der Waals surface area contributed by atoms with E-state index in [-0.39, 0.29) is 11.9 Å². The highest BCUT2D eigenvalue weighted by atomic mass is 32.1. The number of thiophene rings is 1. The summed E-state index contributed by atoms with van der Waals surface area (Å²) in [5, 5.41) is 3.20. The van der Waals surface area contributed by atoms with Crippen LogP contribution in [0, 0.1) is 6.92 Å². The van der Waals surface area contributed by atoms with Gasteiger partial charge >= 0.3 is 0 Å². The van der Waals surface area contributed by atoms with Crippen molar-refractivity contribution in [2.24, 2.45) is 0 Å². The molecule has 0 aliphatic carbocycles. The maximum absolute atomic E-state index is 12.9. The van der Waals surface area contributed by atoms with E-state index in [1.54, 1.807) is 19.5 Å². The average molecular weight is 409 g/mol. The van der Waals surface area contributed by atoms with Crippen LogP contribution < -0.4 is 15.0 Å². The lowest BCUT2D eigenvalue weighted by molar-refractivity contribution is 0.0937. The fourth-order valence-corrected chi connectivity index (χ4v) is 4.58. The number of anilines is 1. The first-order valence-electron chi connectivity index (χ1n) is 9.71. The van der Waals surface area contributed by atoms with E-state index in [0.717, 1.165) is 58.5 Å². The second-order valence-electron chi connectivity index (χ2n) is 7.12. The Balaban J connectivity index is 1.44. The van der Waals surface area contributed by atoms with E-state index in [2.05, 4.69) is 27.1 Å². The molecular weight excluding hydrogens is 384 g/mol. The van der Waals surface area contributed by atoms with Crippen molar-refractivity contribution in [2.45, 2.75) is 25.8 Å². The van der Waals surface area contributed by atoms with Crippen LogP contribution in [0.1, 0.15) is 27.4 Å². The van der Waals surface area contributed by atoms with Gasteiger partial charge in [0.1, 0.15) is 5.75 Å². The summed E-state index contributed by atoms with van der Waals surface area (Å²) in [6.07, 6.45) is 5.47. The number of hydrogen-bond donors (Lipinski definition) is 1. The first-order chi connectivity index (χ1) is 14.1. The molecule has 1 unspecified atom stereocenters. The minimum Gasteiger partial charge on any atom is -0.497 e. The van der Waals surface area contributed by atoms with Crippen molar-refractivity contribution in [2.75, 3.05) is 25.1 Å². The molecule has 2 aromatic heterocycles. The van der Waals surface area contributed by atoms with Gasteiger partial charge in [-0.2, -0.15) is 0 Å². The van der Waals surface area contributed by atoms with Crippen molar-refractivity contribution < 1.29 is 9.53 Å². The molecule has 150 valence electrons. The normalized spacial score (nSPS) is 16.5. The number of methoxy groups -OCH3 is 1. The van der Waals surface area contributed by atoms with E-state index in [9.17, 15) is 4.79 Å². The summed E-state index contributed by atoms with van der Waals surface area (Å²) in [6.45, 7) is 3.69. The van der Waals surface area contributed by atoms with Crippen molar-refractivity contribution in [1.82, 2.24) is 15.3 Å². The Bertz CT molecular complexity index is 972. The number of benzene rings is 1. The van der Waals surface area contributed by atoms with Crippen molar-refractivity contribution in [1.29, 1.82) is 0 Å². The largest absolute Gasteiger partial charge is 0.497 e. The van der Waals surface area contributed by atoms with E-state index in [1.807, 2.05) is 36.4 Å². The van der Waals surface area contributed by atoms with Gasteiger partial charge in [-0.1, -0.05) is 12.1 Å². The summed E-state index contributed by atoms with van der Waals surface area (Å²) in [4.78, 5) is 25.5. The number of ether oxygens (including phenoxy) is 1. The Hall–Kier alpha value is -2.93. The molecule has 29 heavy (non-hydrogen) atoms. The minimum absolute atomic E-state index is 0.0151. The number of nitrogens with one attached hydrogen (secondary N) is 1. The highest BCUT2D eigenvalue weighted by Gasteiger charge is 2.24. The number of aromatic nitrogens is 2. The molecule has 6 nitrogen and oxygen atoms in total. The van der Waals surface area contributed by atoms with Crippen molar-refractivity contribution in [3.8, 4) is 16.9 Å². The van der Waals surface area contributed by atoms with Gasteiger partial charge in [-0.05, 0) is 55.2 Å². The molecule has 0 spiro atoms. The minimum atomic E-state index is -0.0151. The van der Waals surface area contributed by atoms with E-state index >= 15 is 0 Å². The standard InChI is InChI=1S/C22H24N4O2S/c1-15-19(16-6-8-18(28-2)9-7-16)13-20(29-15)21(27)25-17-5-3-12-26(14-17)22-23-10-4-11-24-22/h4,6-11,13,17H,3,5,12,14H2,1-2H3,(H,25,27). The van der Waals surface area contributed by atoms with Gasteiger partial charge in [0, 0.05) is 36.4 Å². The number of hydrogen-bond acceptors (Lipinski definition) is 6. The topological polar surface area (TPSA) is 67.3 Å². The summed E-state index contributed by atoms with van der Waals surface area (Å²) >= 11 is 1.53. The van der Waals surface area contributed by atoms with Gasteiger partial charge in [-0.15, -0.1) is 11.3 Å². The number of aryl methyl sites for hydroxylation is 1. The number of amides is 1. The van der Waals surface area contributed by atoms with Crippen LogP contribution in [0.15, 0.2) is 48.8 Å². The molecule has 1 atom stereocenters. The maximum atomic E-state index is 12.9. The Morgan fingerprint density at radius 3 is 2.72 bits per heavy atom.